The van der Waals surface area contributed by atoms with Crippen molar-refractivity contribution in [2.24, 2.45) is 0 Å². The summed E-state index contributed by atoms with van der Waals surface area (Å²) in [6.07, 6.45) is 3.31. The topological polar surface area (TPSA) is 73.1 Å². The van der Waals surface area contributed by atoms with E-state index in [0.29, 0.717) is 43.5 Å². The number of amides is 1. The zero-order valence-corrected chi connectivity index (χ0v) is 22.0. The molecule has 37 heavy (non-hydrogen) atoms. The molecule has 10 heteroatoms. The molecule has 4 aromatic rings. The van der Waals surface area contributed by atoms with E-state index in [0.717, 1.165) is 16.0 Å². The van der Waals surface area contributed by atoms with E-state index in [1.54, 1.807) is 12.3 Å². The van der Waals surface area contributed by atoms with Crippen LogP contribution in [0, 0.1) is 6.92 Å². The number of thioether (sulfide) groups is 1. The normalized spacial score (nSPS) is 15.8. The molecule has 0 unspecified atom stereocenters. The van der Waals surface area contributed by atoms with Gasteiger partial charge in [-0.05, 0) is 54.5 Å². The molecule has 2 aromatic heterocycles. The lowest BCUT2D eigenvalue weighted by atomic mass is 10.2. The Morgan fingerprint density at radius 3 is 2.73 bits per heavy atom. The van der Waals surface area contributed by atoms with Crippen LogP contribution >= 0.6 is 35.7 Å². The smallest absolute Gasteiger partial charge is 0.266 e. The van der Waals surface area contributed by atoms with E-state index in [4.69, 9.17) is 26.7 Å². The first-order valence-electron chi connectivity index (χ1n) is 11.4. The van der Waals surface area contributed by atoms with Gasteiger partial charge in [0.2, 0.25) is 6.79 Å². The number of carbonyl (C=O) groups is 1. The Labute approximate surface area is 226 Å². The maximum absolute atomic E-state index is 13.6. The van der Waals surface area contributed by atoms with Gasteiger partial charge in [0.15, 0.2) is 11.5 Å². The second-order valence-corrected chi connectivity index (χ2v) is 11.1. The molecule has 4 heterocycles. The van der Waals surface area contributed by atoms with Crippen LogP contribution in [0.25, 0.3) is 11.7 Å². The molecule has 0 aliphatic carbocycles. The van der Waals surface area contributed by atoms with Gasteiger partial charge in [0.1, 0.15) is 15.0 Å². The third kappa shape index (κ3) is 4.52. The van der Waals surface area contributed by atoms with Crippen LogP contribution in [0.15, 0.2) is 86.5 Å². The third-order valence-corrected chi connectivity index (χ3v) is 8.32. The van der Waals surface area contributed by atoms with E-state index in [1.165, 1.54) is 32.8 Å². The number of thiocarbonyl (C=S) groups is 1. The summed E-state index contributed by atoms with van der Waals surface area (Å²) in [4.78, 5) is 34.7. The maximum atomic E-state index is 13.6. The summed E-state index contributed by atoms with van der Waals surface area (Å²) in [5.74, 6) is 1.07. The van der Waals surface area contributed by atoms with E-state index in [9.17, 15) is 9.59 Å². The molecule has 6 rings (SSSR count). The van der Waals surface area contributed by atoms with Gasteiger partial charge in [-0.2, -0.15) is 0 Å². The molecule has 2 aromatic carbocycles. The predicted octanol–water partition coefficient (Wildman–Crippen LogP) is 5.28. The number of rotatable bonds is 5. The van der Waals surface area contributed by atoms with E-state index >= 15 is 0 Å². The monoisotopic (exact) mass is 545 g/mol. The van der Waals surface area contributed by atoms with Crippen LogP contribution in [0.4, 0.5) is 0 Å². The first-order valence-corrected chi connectivity index (χ1v) is 13.4. The van der Waals surface area contributed by atoms with E-state index in [1.807, 2.05) is 67.6 Å². The first-order chi connectivity index (χ1) is 18.0. The van der Waals surface area contributed by atoms with Crippen molar-refractivity contribution in [2.45, 2.75) is 23.4 Å². The van der Waals surface area contributed by atoms with Gasteiger partial charge >= 0.3 is 0 Å². The fourth-order valence-electron chi connectivity index (χ4n) is 4.08. The van der Waals surface area contributed by atoms with Crippen molar-refractivity contribution in [2.75, 3.05) is 6.79 Å². The van der Waals surface area contributed by atoms with Crippen LogP contribution in [0.3, 0.4) is 0 Å². The maximum Gasteiger partial charge on any atom is 0.266 e. The Morgan fingerprint density at radius 1 is 1.08 bits per heavy atom. The van der Waals surface area contributed by atoms with Gasteiger partial charge in [-0.1, -0.05) is 66.1 Å². The molecule has 0 radical (unpaired) electrons. The number of aromatic nitrogens is 2. The molecular formula is C27H19N3O4S3. The van der Waals surface area contributed by atoms with Crippen molar-refractivity contribution in [1.29, 1.82) is 0 Å². The fourth-order valence-corrected chi connectivity index (χ4v) is 6.22. The molecule has 1 fully saturated rings. The Morgan fingerprint density at radius 2 is 1.89 bits per heavy atom. The molecule has 184 valence electrons. The quantitative estimate of drug-likeness (QED) is 0.190. The van der Waals surface area contributed by atoms with Crippen molar-refractivity contribution in [3.8, 4) is 11.5 Å². The van der Waals surface area contributed by atoms with Crippen molar-refractivity contribution < 1.29 is 14.3 Å². The summed E-state index contributed by atoms with van der Waals surface area (Å²) in [7, 11) is 0. The summed E-state index contributed by atoms with van der Waals surface area (Å²) >= 11 is 8.11. The van der Waals surface area contributed by atoms with Crippen LogP contribution in [0.2, 0.25) is 0 Å². The molecule has 0 N–H and O–H groups in total. The van der Waals surface area contributed by atoms with Crippen molar-refractivity contribution in [3.05, 3.63) is 98.8 Å². The fraction of sp³-hybridized carbons (Fsp3) is 0.111. The molecule has 2 aliphatic heterocycles. The number of aryl methyl sites for hydroxylation is 1. The summed E-state index contributed by atoms with van der Waals surface area (Å²) in [6.45, 7) is 2.39. The number of ether oxygens (including phenoxy) is 2. The molecule has 7 nitrogen and oxygen atoms in total. The predicted molar refractivity (Wildman–Crippen MR) is 148 cm³/mol. The van der Waals surface area contributed by atoms with Crippen molar-refractivity contribution in [1.82, 2.24) is 14.3 Å². The first kappa shape index (κ1) is 23.8. The average molecular weight is 546 g/mol. The number of nitrogens with zero attached hydrogens (tertiary/aromatic N) is 3. The lowest BCUT2D eigenvalue weighted by Gasteiger charge is -2.14. The molecule has 2 aliphatic rings. The summed E-state index contributed by atoms with van der Waals surface area (Å²) < 4.78 is 12.8. The van der Waals surface area contributed by atoms with Gasteiger partial charge in [-0.25, -0.2) is 4.98 Å². The van der Waals surface area contributed by atoms with Crippen LogP contribution in [-0.4, -0.2) is 31.3 Å². The number of carbonyl (C=O) groups excluding carboxylic acids is 1. The Bertz CT molecular complexity index is 1670. The zero-order chi connectivity index (χ0) is 25.5. The Balaban J connectivity index is 1.38. The van der Waals surface area contributed by atoms with Gasteiger partial charge < -0.3 is 9.47 Å². The number of fused-ring (bicyclic) bond motifs is 2. The van der Waals surface area contributed by atoms with Crippen LogP contribution in [0.1, 0.15) is 16.7 Å². The molecule has 0 spiro atoms. The van der Waals surface area contributed by atoms with Crippen LogP contribution in [-0.2, 0) is 11.3 Å². The third-order valence-electron chi connectivity index (χ3n) is 5.93. The molecule has 0 saturated carbocycles. The number of benzene rings is 2. The summed E-state index contributed by atoms with van der Waals surface area (Å²) in [5, 5.41) is 0.534. The van der Waals surface area contributed by atoms with Crippen molar-refractivity contribution >= 4 is 57.7 Å². The van der Waals surface area contributed by atoms with Gasteiger partial charge in [0, 0.05) is 11.1 Å². The highest BCUT2D eigenvalue weighted by Gasteiger charge is 2.33. The minimum Gasteiger partial charge on any atom is -0.454 e. The van der Waals surface area contributed by atoms with Crippen LogP contribution < -0.4 is 15.0 Å². The lowest BCUT2D eigenvalue weighted by molar-refractivity contribution is -0.122. The summed E-state index contributed by atoms with van der Waals surface area (Å²) in [5.41, 5.74) is 2.44. The highest BCUT2D eigenvalue weighted by atomic mass is 32.2. The minimum atomic E-state index is -0.253. The van der Waals surface area contributed by atoms with Gasteiger partial charge in [-0.15, -0.1) is 0 Å². The average Bonchev–Trinajstić information content (AvgIpc) is 3.47. The second-order valence-electron chi connectivity index (χ2n) is 8.39. The number of hydrogen-bond donors (Lipinski definition) is 0. The van der Waals surface area contributed by atoms with Gasteiger partial charge in [0.05, 0.1) is 17.0 Å². The lowest BCUT2D eigenvalue weighted by Crippen LogP contribution is -2.27. The second kappa shape index (κ2) is 9.70. The highest BCUT2D eigenvalue weighted by molar-refractivity contribution is 8.26. The minimum absolute atomic E-state index is 0.181. The molecule has 0 atom stereocenters. The molecule has 0 bridgehead atoms. The van der Waals surface area contributed by atoms with E-state index in [-0.39, 0.29) is 18.3 Å². The van der Waals surface area contributed by atoms with Crippen LogP contribution in [0.5, 0.6) is 11.5 Å². The number of hydrogen-bond acceptors (Lipinski definition) is 8. The molecular weight excluding hydrogens is 527 g/mol. The molecule has 1 saturated heterocycles. The van der Waals surface area contributed by atoms with E-state index in [2.05, 4.69) is 0 Å². The number of pyridine rings is 1. The molecule has 1 amide bonds. The Hall–Kier alpha value is -3.60. The SMILES string of the molecule is Cc1cccn2c(=O)c(C=C3SC(=S)N(Cc4ccc5c(c4)OCO5)C3=O)c(Sc3ccccc3)nc12. The largest absolute Gasteiger partial charge is 0.454 e. The zero-order valence-electron chi connectivity index (χ0n) is 19.5. The summed E-state index contributed by atoms with van der Waals surface area (Å²) in [6, 6.07) is 19.0. The van der Waals surface area contributed by atoms with Gasteiger partial charge in [-0.3, -0.25) is 18.9 Å². The Kier molecular flexibility index (Phi) is 6.23. The van der Waals surface area contributed by atoms with Crippen molar-refractivity contribution in [3.63, 3.8) is 0 Å². The highest BCUT2D eigenvalue weighted by Crippen LogP contribution is 2.37. The standard InChI is InChI=1S/C27H19N3O4S3/c1-16-6-5-11-29-23(16)28-24(36-18-7-3-2-4-8-18)19(25(29)31)13-22-26(32)30(27(35)37-22)14-17-9-10-20-21(12-17)34-15-33-20/h2-13H,14-15H2,1H3. The van der Waals surface area contributed by atoms with E-state index < -0.39 is 0 Å². The van der Waals surface area contributed by atoms with Gasteiger partial charge in [0.25, 0.3) is 11.5 Å².